The fraction of sp³-hybridized carbons (Fsp3) is 0.556. The molecule has 30 heavy (non-hydrogen) atoms. The van der Waals surface area contributed by atoms with Crippen LogP contribution >= 0.6 is 15.9 Å². The van der Waals surface area contributed by atoms with E-state index in [1.54, 1.807) is 23.1 Å². The summed E-state index contributed by atoms with van der Waals surface area (Å²) in [7, 11) is 1.48. The maximum Gasteiger partial charge on any atom is 0.321 e. The fourth-order valence-corrected chi connectivity index (χ4v) is 5.70. The molecule has 160 valence electrons. The maximum atomic E-state index is 12.9. The number of nitrogens with one attached hydrogen (secondary N) is 1. The zero-order chi connectivity index (χ0) is 21.8. The van der Waals surface area contributed by atoms with Crippen molar-refractivity contribution in [2.24, 2.45) is 5.92 Å². The Morgan fingerprint density at radius 2 is 1.97 bits per heavy atom. The van der Waals surface area contributed by atoms with Crippen LogP contribution in [-0.4, -0.2) is 63.8 Å². The Morgan fingerprint density at radius 1 is 1.23 bits per heavy atom. The van der Waals surface area contributed by atoms with Crippen molar-refractivity contribution in [3.63, 3.8) is 0 Å². The van der Waals surface area contributed by atoms with Gasteiger partial charge >= 0.3 is 5.54 Å². The molecule has 3 fully saturated rings. The molecule has 1 aromatic rings. The Hall–Kier alpha value is -2.60. The highest BCUT2D eigenvalue weighted by molar-refractivity contribution is 9.10. The average molecular weight is 483 g/mol. The third-order valence-corrected chi connectivity index (χ3v) is 7.08. The first-order valence-corrected chi connectivity index (χ1v) is 10.1. The molecule has 1 aliphatic carbocycles. The molecular weight excluding hydrogens is 464 g/mol. The van der Waals surface area contributed by atoms with E-state index in [9.17, 15) is 29.8 Å². The summed E-state index contributed by atoms with van der Waals surface area (Å²) in [5.41, 5.74) is -3.41. The summed E-state index contributed by atoms with van der Waals surface area (Å²) in [6.45, 7) is -0.329. The molecule has 1 saturated carbocycles. The normalized spacial score (nSPS) is 33.0. The molecule has 2 heterocycles. The number of halogens is 1. The highest BCUT2D eigenvalue weighted by Gasteiger charge is 2.80. The van der Waals surface area contributed by atoms with Crippen molar-refractivity contribution in [1.29, 1.82) is 0 Å². The lowest BCUT2D eigenvalue weighted by molar-refractivity contribution is -0.642. The van der Waals surface area contributed by atoms with Crippen molar-refractivity contribution in [1.82, 2.24) is 10.2 Å². The van der Waals surface area contributed by atoms with E-state index in [-0.39, 0.29) is 38.3 Å². The second kappa shape index (κ2) is 6.98. The molecule has 2 aliphatic heterocycles. The van der Waals surface area contributed by atoms with Crippen LogP contribution in [-0.2, 0) is 16.1 Å². The van der Waals surface area contributed by atoms with Gasteiger partial charge in [0, 0.05) is 39.3 Å². The summed E-state index contributed by atoms with van der Waals surface area (Å²) in [5.74, 6) is -1.94. The van der Waals surface area contributed by atoms with Gasteiger partial charge in [0.25, 0.3) is 11.4 Å². The van der Waals surface area contributed by atoms with Crippen molar-refractivity contribution in [3.05, 3.63) is 48.5 Å². The molecule has 0 aromatic heterocycles. The van der Waals surface area contributed by atoms with E-state index in [0.29, 0.717) is 11.3 Å². The Bertz CT molecular complexity index is 972. The first kappa shape index (κ1) is 20.7. The smallest absolute Gasteiger partial charge is 0.321 e. The quantitative estimate of drug-likeness (QED) is 0.478. The van der Waals surface area contributed by atoms with Crippen LogP contribution in [0.15, 0.2) is 22.7 Å². The van der Waals surface area contributed by atoms with Gasteiger partial charge in [-0.3, -0.25) is 34.7 Å². The standard InChI is InChI=1S/C18H19BrN4O7/c1-30-13-3-2-11(19)4-10(13)7-21-8-17(22(26)27)14-5-12(24)6-15(17)20-16(25)18(14,9-21)23(28)29/h2-4,14-15H,5-9H2,1H3,(H,20,25). The van der Waals surface area contributed by atoms with Crippen LogP contribution in [0.3, 0.4) is 0 Å². The lowest BCUT2D eigenvalue weighted by atomic mass is 9.56. The number of nitro groups is 2. The Kier molecular flexibility index (Phi) is 4.81. The van der Waals surface area contributed by atoms with E-state index in [1.807, 2.05) is 0 Å². The number of rotatable bonds is 5. The van der Waals surface area contributed by atoms with Crippen LogP contribution in [0.2, 0.25) is 0 Å². The third kappa shape index (κ3) is 2.73. The number of amides is 1. The minimum absolute atomic E-state index is 0.117. The minimum Gasteiger partial charge on any atom is -0.496 e. The first-order chi connectivity index (χ1) is 14.1. The highest BCUT2D eigenvalue weighted by atomic mass is 79.9. The van der Waals surface area contributed by atoms with Crippen molar-refractivity contribution in [2.45, 2.75) is 36.5 Å². The van der Waals surface area contributed by atoms with Crippen molar-refractivity contribution in [3.8, 4) is 5.75 Å². The number of ketones is 1. The van der Waals surface area contributed by atoms with Crippen LogP contribution in [0, 0.1) is 26.1 Å². The highest BCUT2D eigenvalue weighted by Crippen LogP contribution is 2.50. The van der Waals surface area contributed by atoms with Crippen LogP contribution in [0.5, 0.6) is 5.75 Å². The van der Waals surface area contributed by atoms with Crippen LogP contribution in [0.1, 0.15) is 18.4 Å². The van der Waals surface area contributed by atoms with E-state index >= 15 is 0 Å². The van der Waals surface area contributed by atoms with Crippen molar-refractivity contribution in [2.75, 3.05) is 20.2 Å². The van der Waals surface area contributed by atoms with E-state index in [4.69, 9.17) is 4.74 Å². The summed E-state index contributed by atoms with van der Waals surface area (Å²) in [6.07, 6.45) is -0.551. The number of ether oxygens (including phenoxy) is 1. The van der Waals surface area contributed by atoms with E-state index in [1.165, 1.54) is 7.11 Å². The van der Waals surface area contributed by atoms with Gasteiger partial charge in [-0.05, 0) is 18.2 Å². The summed E-state index contributed by atoms with van der Waals surface area (Å²) >= 11 is 3.37. The number of carbonyl (C=O) groups is 2. The van der Waals surface area contributed by atoms with Gasteiger partial charge in [0.05, 0.1) is 20.2 Å². The van der Waals surface area contributed by atoms with Gasteiger partial charge in [-0.2, -0.15) is 0 Å². The van der Waals surface area contributed by atoms with Gasteiger partial charge in [0.15, 0.2) is 0 Å². The Labute approximate surface area is 179 Å². The second-order valence-corrected chi connectivity index (χ2v) is 8.97. The predicted octanol–water partition coefficient (Wildman–Crippen LogP) is 0.782. The number of methoxy groups -OCH3 is 1. The number of hydrogen-bond donors (Lipinski definition) is 1. The molecule has 0 spiro atoms. The molecule has 3 aliphatic rings. The summed E-state index contributed by atoms with van der Waals surface area (Å²) in [4.78, 5) is 49.9. The lowest BCUT2D eigenvalue weighted by Gasteiger charge is -2.55. The summed E-state index contributed by atoms with van der Waals surface area (Å²) in [5, 5.41) is 26.9. The third-order valence-electron chi connectivity index (χ3n) is 6.59. The monoisotopic (exact) mass is 482 g/mol. The van der Waals surface area contributed by atoms with Gasteiger partial charge in [0.1, 0.15) is 23.5 Å². The number of piperidine rings is 2. The van der Waals surface area contributed by atoms with Gasteiger partial charge in [-0.15, -0.1) is 0 Å². The molecule has 4 rings (SSSR count). The zero-order valence-electron chi connectivity index (χ0n) is 16.0. The minimum atomic E-state index is -2.27. The van der Waals surface area contributed by atoms with Gasteiger partial charge in [-0.25, -0.2) is 0 Å². The molecule has 1 N–H and O–H groups in total. The molecule has 4 bridgehead atoms. The lowest BCUT2D eigenvalue weighted by Crippen LogP contribution is -2.86. The van der Waals surface area contributed by atoms with Gasteiger partial charge < -0.3 is 10.1 Å². The largest absolute Gasteiger partial charge is 0.496 e. The number of hydrogen-bond acceptors (Lipinski definition) is 8. The molecule has 1 aromatic carbocycles. The molecule has 1 amide bonds. The molecule has 11 nitrogen and oxygen atoms in total. The molecular formula is C18H19BrN4O7. The van der Waals surface area contributed by atoms with Crippen molar-refractivity contribution < 1.29 is 24.2 Å². The van der Waals surface area contributed by atoms with Crippen molar-refractivity contribution >= 4 is 27.6 Å². The second-order valence-electron chi connectivity index (χ2n) is 8.06. The Balaban J connectivity index is 1.82. The molecule has 12 heteroatoms. The summed E-state index contributed by atoms with van der Waals surface area (Å²) in [6, 6.07) is 4.18. The topological polar surface area (TPSA) is 145 Å². The Morgan fingerprint density at radius 3 is 2.60 bits per heavy atom. The average Bonchev–Trinajstić information content (AvgIpc) is 2.66. The number of Topliss-reactive ketones (excluding diaryl/α,β-unsaturated/α-hetero) is 1. The van der Waals surface area contributed by atoms with Gasteiger partial charge in [0.2, 0.25) is 0 Å². The van der Waals surface area contributed by atoms with Gasteiger partial charge in [-0.1, -0.05) is 15.9 Å². The van der Waals surface area contributed by atoms with E-state index < -0.39 is 38.8 Å². The number of carbonyl (C=O) groups excluding carboxylic acids is 2. The molecule has 2 saturated heterocycles. The van der Waals surface area contributed by atoms with Crippen LogP contribution in [0.4, 0.5) is 0 Å². The number of benzene rings is 1. The fourth-order valence-electron chi connectivity index (χ4n) is 5.30. The predicted molar refractivity (Wildman–Crippen MR) is 105 cm³/mol. The van der Waals surface area contributed by atoms with Crippen LogP contribution < -0.4 is 10.1 Å². The zero-order valence-corrected chi connectivity index (χ0v) is 17.6. The van der Waals surface area contributed by atoms with E-state index in [2.05, 4.69) is 21.2 Å². The summed E-state index contributed by atoms with van der Waals surface area (Å²) < 4.78 is 6.11. The SMILES string of the molecule is COc1ccc(Br)cc1CN1CC2([N+](=O)[O-])C(=O)NC3CC(=O)CC2C3([N+](=O)[O-])C1. The molecule has 4 atom stereocenters. The molecule has 0 radical (unpaired) electrons. The molecule has 4 unspecified atom stereocenters. The maximum absolute atomic E-state index is 12.9. The number of likely N-dealkylation sites (tertiary alicyclic amines) is 1. The first-order valence-electron chi connectivity index (χ1n) is 9.31. The van der Waals surface area contributed by atoms with Crippen LogP contribution in [0.25, 0.3) is 0 Å². The number of nitrogens with zero attached hydrogens (tertiary/aromatic N) is 3. The van der Waals surface area contributed by atoms with E-state index in [0.717, 1.165) is 4.47 Å².